The number of carbonyl (C=O) groups is 1. The zero-order valence-electron chi connectivity index (χ0n) is 9.62. The molecule has 0 spiro atoms. The highest BCUT2D eigenvalue weighted by atomic mass is 79.9. The average molecular weight is 311 g/mol. The molecular formula is C12H11BrN2O3. The molecule has 0 saturated heterocycles. The molecule has 0 aliphatic heterocycles. The van der Waals surface area contributed by atoms with Crippen LogP contribution in [0.2, 0.25) is 0 Å². The van der Waals surface area contributed by atoms with Crippen LogP contribution in [0.25, 0.3) is 0 Å². The van der Waals surface area contributed by atoms with Crippen molar-refractivity contribution < 1.29 is 9.53 Å². The third-order valence-electron chi connectivity index (χ3n) is 2.52. The predicted octanol–water partition coefficient (Wildman–Crippen LogP) is 1.84. The molecule has 1 aromatic heterocycles. The number of carbonyl (C=O) groups excluding carboxylic acids is 1. The lowest BCUT2D eigenvalue weighted by molar-refractivity contribution is 0.103. The molecule has 2 aromatic rings. The SMILES string of the molecule is COc1ccc(C(=O)c2[nH]c(=O)[nH]c2CBr)cc1. The Morgan fingerprint density at radius 3 is 2.50 bits per heavy atom. The number of aromatic nitrogens is 2. The van der Waals surface area contributed by atoms with E-state index in [1.165, 1.54) is 0 Å². The van der Waals surface area contributed by atoms with Crippen LogP contribution in [-0.4, -0.2) is 22.9 Å². The lowest BCUT2D eigenvalue weighted by Gasteiger charge is -2.02. The standard InChI is InChI=1S/C12H11BrN2O3/c1-18-8-4-2-7(3-5-8)11(16)10-9(6-13)14-12(17)15-10/h2-5H,6H2,1H3,(H2,14,15,17). The molecule has 0 unspecified atom stereocenters. The summed E-state index contributed by atoms with van der Waals surface area (Å²) in [6, 6.07) is 6.71. The minimum absolute atomic E-state index is 0.231. The number of ether oxygens (including phenoxy) is 1. The summed E-state index contributed by atoms with van der Waals surface area (Å²) in [5.74, 6) is 0.445. The summed E-state index contributed by atoms with van der Waals surface area (Å²) in [6.45, 7) is 0. The number of benzene rings is 1. The third kappa shape index (κ3) is 2.38. The summed E-state index contributed by atoms with van der Waals surface area (Å²) in [4.78, 5) is 28.5. The Morgan fingerprint density at radius 2 is 1.94 bits per heavy atom. The molecule has 18 heavy (non-hydrogen) atoms. The van der Waals surface area contributed by atoms with Crippen molar-refractivity contribution in [2.45, 2.75) is 5.33 Å². The summed E-state index contributed by atoms with van der Waals surface area (Å²) >= 11 is 3.22. The Kier molecular flexibility index (Phi) is 3.66. The molecule has 5 nitrogen and oxygen atoms in total. The molecule has 0 radical (unpaired) electrons. The molecule has 0 aliphatic rings. The van der Waals surface area contributed by atoms with E-state index in [1.807, 2.05) is 0 Å². The molecule has 1 heterocycles. The first kappa shape index (κ1) is 12.6. The quantitative estimate of drug-likeness (QED) is 0.668. The molecule has 0 amide bonds. The van der Waals surface area contributed by atoms with Gasteiger partial charge in [-0.15, -0.1) is 0 Å². The van der Waals surface area contributed by atoms with Gasteiger partial charge in [0.1, 0.15) is 11.4 Å². The number of nitrogens with one attached hydrogen (secondary N) is 2. The van der Waals surface area contributed by atoms with E-state index in [2.05, 4.69) is 25.9 Å². The summed E-state index contributed by atoms with van der Waals surface area (Å²) in [5, 5.41) is 0.406. The van der Waals surface area contributed by atoms with Gasteiger partial charge in [-0.2, -0.15) is 0 Å². The highest BCUT2D eigenvalue weighted by Crippen LogP contribution is 2.16. The van der Waals surface area contributed by atoms with E-state index in [1.54, 1.807) is 31.4 Å². The summed E-state index contributed by atoms with van der Waals surface area (Å²) in [5.41, 5.74) is 0.928. The van der Waals surface area contributed by atoms with Crippen LogP contribution in [0.1, 0.15) is 21.7 Å². The number of aromatic amines is 2. The van der Waals surface area contributed by atoms with Gasteiger partial charge in [0.15, 0.2) is 0 Å². The van der Waals surface area contributed by atoms with Gasteiger partial charge in [0.25, 0.3) is 0 Å². The summed E-state index contributed by atoms with van der Waals surface area (Å²) in [6.07, 6.45) is 0. The normalized spacial score (nSPS) is 10.3. The largest absolute Gasteiger partial charge is 0.497 e. The first-order chi connectivity index (χ1) is 8.65. The first-order valence-electron chi connectivity index (χ1n) is 5.21. The zero-order valence-corrected chi connectivity index (χ0v) is 11.2. The monoisotopic (exact) mass is 310 g/mol. The first-order valence-corrected chi connectivity index (χ1v) is 6.33. The Morgan fingerprint density at radius 1 is 1.28 bits per heavy atom. The van der Waals surface area contributed by atoms with Crippen molar-refractivity contribution in [3.05, 3.63) is 51.7 Å². The van der Waals surface area contributed by atoms with Crippen LogP contribution >= 0.6 is 15.9 Å². The van der Waals surface area contributed by atoms with Crippen LogP contribution < -0.4 is 10.4 Å². The summed E-state index contributed by atoms with van der Waals surface area (Å²) in [7, 11) is 1.56. The van der Waals surface area contributed by atoms with Crippen LogP contribution in [-0.2, 0) is 5.33 Å². The lowest BCUT2D eigenvalue weighted by Crippen LogP contribution is -2.06. The zero-order chi connectivity index (χ0) is 13.1. The van der Waals surface area contributed by atoms with Crippen molar-refractivity contribution in [1.82, 2.24) is 9.97 Å². The Hall–Kier alpha value is -1.82. The van der Waals surface area contributed by atoms with Gasteiger partial charge < -0.3 is 14.7 Å². The van der Waals surface area contributed by atoms with Crippen molar-refractivity contribution in [2.24, 2.45) is 0 Å². The number of rotatable bonds is 4. The van der Waals surface area contributed by atoms with E-state index in [9.17, 15) is 9.59 Å². The van der Waals surface area contributed by atoms with Gasteiger partial charge in [0.05, 0.1) is 12.8 Å². The van der Waals surface area contributed by atoms with Crippen LogP contribution in [0.3, 0.4) is 0 Å². The fourth-order valence-corrected chi connectivity index (χ4v) is 2.02. The second-order valence-corrected chi connectivity index (χ2v) is 4.18. The molecule has 0 fully saturated rings. The van der Waals surface area contributed by atoms with Crippen LogP contribution in [0.15, 0.2) is 29.1 Å². The lowest BCUT2D eigenvalue weighted by atomic mass is 10.1. The molecular weight excluding hydrogens is 300 g/mol. The number of ketones is 1. The van der Waals surface area contributed by atoms with E-state index in [0.29, 0.717) is 22.3 Å². The summed E-state index contributed by atoms with van der Waals surface area (Å²) < 4.78 is 5.02. The number of H-pyrrole nitrogens is 2. The van der Waals surface area contributed by atoms with Gasteiger partial charge in [-0.3, -0.25) is 4.79 Å². The minimum Gasteiger partial charge on any atom is -0.497 e. The Bertz CT molecular complexity index is 613. The molecule has 1 aromatic carbocycles. The van der Waals surface area contributed by atoms with Gasteiger partial charge in [-0.05, 0) is 24.3 Å². The molecule has 0 saturated carbocycles. The maximum Gasteiger partial charge on any atom is 0.323 e. The van der Waals surface area contributed by atoms with Crippen LogP contribution in [0.4, 0.5) is 0 Å². The van der Waals surface area contributed by atoms with Crippen LogP contribution in [0.5, 0.6) is 5.75 Å². The van der Waals surface area contributed by atoms with Crippen molar-refractivity contribution in [3.8, 4) is 5.75 Å². The molecule has 94 valence electrons. The van der Waals surface area contributed by atoms with Crippen LogP contribution in [0, 0.1) is 0 Å². The molecule has 0 atom stereocenters. The van der Waals surface area contributed by atoms with E-state index < -0.39 is 0 Å². The van der Waals surface area contributed by atoms with Gasteiger partial charge in [0.2, 0.25) is 5.78 Å². The number of hydrogen-bond acceptors (Lipinski definition) is 3. The smallest absolute Gasteiger partial charge is 0.323 e. The molecule has 0 bridgehead atoms. The maximum absolute atomic E-state index is 12.2. The van der Waals surface area contributed by atoms with Gasteiger partial charge in [-0.1, -0.05) is 15.9 Å². The average Bonchev–Trinajstić information content (AvgIpc) is 2.79. The molecule has 6 heteroatoms. The second kappa shape index (κ2) is 5.22. The fourth-order valence-electron chi connectivity index (χ4n) is 1.60. The topological polar surface area (TPSA) is 75.0 Å². The van der Waals surface area contributed by atoms with E-state index >= 15 is 0 Å². The van der Waals surface area contributed by atoms with Crippen molar-refractivity contribution in [3.63, 3.8) is 0 Å². The minimum atomic E-state index is -0.388. The number of halogens is 1. The second-order valence-electron chi connectivity index (χ2n) is 3.62. The van der Waals surface area contributed by atoms with Crippen molar-refractivity contribution >= 4 is 21.7 Å². The maximum atomic E-state index is 12.2. The van der Waals surface area contributed by atoms with Crippen molar-refractivity contribution in [1.29, 1.82) is 0 Å². The molecule has 0 aliphatic carbocycles. The number of hydrogen-bond donors (Lipinski definition) is 2. The number of methoxy groups -OCH3 is 1. The van der Waals surface area contributed by atoms with Gasteiger partial charge >= 0.3 is 5.69 Å². The van der Waals surface area contributed by atoms with Crippen molar-refractivity contribution in [2.75, 3.05) is 7.11 Å². The molecule has 2 rings (SSSR count). The Balaban J connectivity index is 2.37. The van der Waals surface area contributed by atoms with E-state index in [0.717, 1.165) is 0 Å². The highest BCUT2D eigenvalue weighted by molar-refractivity contribution is 9.08. The van der Waals surface area contributed by atoms with E-state index in [-0.39, 0.29) is 17.2 Å². The van der Waals surface area contributed by atoms with E-state index in [4.69, 9.17) is 4.74 Å². The predicted molar refractivity (Wildman–Crippen MR) is 70.5 cm³/mol. The van der Waals surface area contributed by atoms with Gasteiger partial charge in [0, 0.05) is 10.9 Å². The third-order valence-corrected chi connectivity index (χ3v) is 3.08. The Labute approximate surface area is 111 Å². The fraction of sp³-hybridized carbons (Fsp3) is 0.167. The molecule has 2 N–H and O–H groups in total. The van der Waals surface area contributed by atoms with Gasteiger partial charge in [-0.25, -0.2) is 4.79 Å². The highest BCUT2D eigenvalue weighted by Gasteiger charge is 2.16. The number of alkyl halides is 1. The number of imidazole rings is 1.